The van der Waals surface area contributed by atoms with Gasteiger partial charge in [0, 0.05) is 12.6 Å². The smallest absolute Gasteiger partial charge is 0.192 e. The van der Waals surface area contributed by atoms with E-state index in [4.69, 9.17) is 11.2 Å². The van der Waals surface area contributed by atoms with Crippen LogP contribution in [0.3, 0.4) is 0 Å². The van der Waals surface area contributed by atoms with E-state index in [0.717, 1.165) is 6.54 Å². The van der Waals surface area contributed by atoms with Gasteiger partial charge in [0.1, 0.15) is 18.2 Å². The first-order chi connectivity index (χ1) is 9.26. The Morgan fingerprint density at radius 3 is 2.90 bits per heavy atom. The van der Waals surface area contributed by atoms with Gasteiger partial charge in [-0.15, -0.1) is 30.4 Å². The minimum atomic E-state index is -0.315. The number of hydrogen-bond acceptors (Lipinski definition) is 2. The van der Waals surface area contributed by atoms with Crippen molar-refractivity contribution in [1.29, 1.82) is 0 Å². The molecule has 0 amide bonds. The molecule has 0 saturated carbocycles. The number of nitrogens with zero attached hydrogens (tertiary/aromatic N) is 1. The van der Waals surface area contributed by atoms with Crippen LogP contribution in [0.1, 0.15) is 6.92 Å². The highest BCUT2D eigenvalue weighted by atomic mass is 127. The van der Waals surface area contributed by atoms with Crippen molar-refractivity contribution in [2.45, 2.75) is 6.92 Å². The number of aliphatic imine (C=N–C) groups is 1. The minimum Gasteiger partial charge on any atom is -0.492 e. The number of halogens is 2. The van der Waals surface area contributed by atoms with Crippen molar-refractivity contribution in [1.82, 2.24) is 10.6 Å². The van der Waals surface area contributed by atoms with Crippen molar-refractivity contribution in [2.24, 2.45) is 4.99 Å². The molecule has 2 N–H and O–H groups in total. The molecule has 1 aromatic carbocycles. The molecule has 0 unspecified atom stereocenters. The van der Waals surface area contributed by atoms with E-state index in [1.165, 1.54) is 12.1 Å². The molecule has 4 nitrogen and oxygen atoms in total. The molecule has 0 fully saturated rings. The molecule has 0 aromatic heterocycles. The van der Waals surface area contributed by atoms with Crippen molar-refractivity contribution in [3.63, 3.8) is 0 Å². The zero-order chi connectivity index (χ0) is 13.9. The van der Waals surface area contributed by atoms with Gasteiger partial charge in [0.25, 0.3) is 0 Å². The molecule has 0 saturated heterocycles. The average Bonchev–Trinajstić information content (AvgIpc) is 2.41. The van der Waals surface area contributed by atoms with Crippen LogP contribution in [0.4, 0.5) is 4.39 Å². The molecule has 0 aliphatic rings. The number of terminal acetylenes is 1. The van der Waals surface area contributed by atoms with Crippen molar-refractivity contribution >= 4 is 29.9 Å². The monoisotopic (exact) mass is 391 g/mol. The molecular weight excluding hydrogens is 372 g/mol. The lowest BCUT2D eigenvalue weighted by molar-refractivity contribution is 0.326. The van der Waals surface area contributed by atoms with Crippen LogP contribution in [0, 0.1) is 18.2 Å². The highest BCUT2D eigenvalue weighted by Crippen LogP contribution is 2.11. The van der Waals surface area contributed by atoms with Gasteiger partial charge in [0.2, 0.25) is 0 Å². The first-order valence-electron chi connectivity index (χ1n) is 6.10. The summed E-state index contributed by atoms with van der Waals surface area (Å²) in [7, 11) is 0. The van der Waals surface area contributed by atoms with E-state index in [1.54, 1.807) is 12.1 Å². The third-order valence-corrected chi connectivity index (χ3v) is 2.13. The lowest BCUT2D eigenvalue weighted by Crippen LogP contribution is -2.37. The van der Waals surface area contributed by atoms with Crippen molar-refractivity contribution in [3.8, 4) is 18.1 Å². The second-order valence-corrected chi connectivity index (χ2v) is 3.62. The average molecular weight is 391 g/mol. The molecule has 0 spiro atoms. The van der Waals surface area contributed by atoms with Crippen molar-refractivity contribution in [3.05, 3.63) is 30.1 Å². The summed E-state index contributed by atoms with van der Waals surface area (Å²) < 4.78 is 18.3. The van der Waals surface area contributed by atoms with Crippen LogP contribution in [0.5, 0.6) is 5.75 Å². The lowest BCUT2D eigenvalue weighted by atomic mass is 10.3. The zero-order valence-electron chi connectivity index (χ0n) is 11.4. The fraction of sp³-hybridized carbons (Fsp3) is 0.357. The summed E-state index contributed by atoms with van der Waals surface area (Å²) in [5, 5.41) is 6.02. The van der Waals surface area contributed by atoms with Crippen LogP contribution in [-0.4, -0.2) is 32.2 Å². The van der Waals surface area contributed by atoms with E-state index in [1.807, 2.05) is 6.92 Å². The highest BCUT2D eigenvalue weighted by Gasteiger charge is 1.97. The molecule has 20 heavy (non-hydrogen) atoms. The largest absolute Gasteiger partial charge is 0.492 e. The Kier molecular flexibility index (Phi) is 10.5. The van der Waals surface area contributed by atoms with E-state index >= 15 is 0 Å². The van der Waals surface area contributed by atoms with E-state index in [9.17, 15) is 4.39 Å². The summed E-state index contributed by atoms with van der Waals surface area (Å²) in [4.78, 5) is 4.27. The van der Waals surface area contributed by atoms with E-state index in [-0.39, 0.29) is 29.8 Å². The van der Waals surface area contributed by atoms with Crippen LogP contribution in [0.15, 0.2) is 29.3 Å². The summed E-state index contributed by atoms with van der Waals surface area (Å²) in [6.07, 6.45) is 5.16. The van der Waals surface area contributed by atoms with Gasteiger partial charge >= 0.3 is 0 Å². The third kappa shape index (κ3) is 7.84. The predicted octanol–water partition coefficient (Wildman–Crippen LogP) is 2.01. The Morgan fingerprint density at radius 1 is 1.45 bits per heavy atom. The van der Waals surface area contributed by atoms with Gasteiger partial charge in [-0.05, 0) is 19.1 Å². The Balaban J connectivity index is 0.00000361. The number of ether oxygens (including phenoxy) is 1. The van der Waals surface area contributed by atoms with Gasteiger partial charge in [-0.1, -0.05) is 12.0 Å². The molecule has 0 atom stereocenters. The Labute approximate surface area is 136 Å². The van der Waals surface area contributed by atoms with Crippen LogP contribution in [0.25, 0.3) is 0 Å². The molecule has 0 aliphatic carbocycles. The van der Waals surface area contributed by atoms with Gasteiger partial charge in [-0.2, -0.15) is 0 Å². The van der Waals surface area contributed by atoms with Crippen LogP contribution in [0.2, 0.25) is 0 Å². The number of benzene rings is 1. The summed E-state index contributed by atoms with van der Waals surface area (Å²) >= 11 is 0. The minimum absolute atomic E-state index is 0. The number of nitrogens with one attached hydrogen (secondary N) is 2. The molecule has 0 aliphatic heterocycles. The quantitative estimate of drug-likeness (QED) is 0.257. The van der Waals surface area contributed by atoms with Crippen LogP contribution < -0.4 is 15.4 Å². The van der Waals surface area contributed by atoms with Crippen LogP contribution >= 0.6 is 24.0 Å². The Hall–Kier alpha value is -1.49. The van der Waals surface area contributed by atoms with Gasteiger partial charge < -0.3 is 15.4 Å². The molecule has 1 aromatic rings. The second-order valence-electron chi connectivity index (χ2n) is 3.62. The molecular formula is C14H19FIN3O. The summed E-state index contributed by atoms with van der Waals surface area (Å²) in [5.74, 6) is 3.30. The van der Waals surface area contributed by atoms with E-state index in [0.29, 0.717) is 31.4 Å². The highest BCUT2D eigenvalue weighted by molar-refractivity contribution is 14.0. The third-order valence-electron chi connectivity index (χ3n) is 2.13. The maximum Gasteiger partial charge on any atom is 0.192 e. The predicted molar refractivity (Wildman–Crippen MR) is 90.1 cm³/mol. The fourth-order valence-electron chi connectivity index (χ4n) is 1.35. The summed E-state index contributed by atoms with van der Waals surface area (Å²) in [6.45, 7) is 3.96. The molecule has 0 heterocycles. The first-order valence-corrected chi connectivity index (χ1v) is 6.10. The maximum absolute atomic E-state index is 12.9. The van der Waals surface area contributed by atoms with E-state index < -0.39 is 0 Å². The SMILES string of the molecule is C#CCNC(=NCCOc1cccc(F)c1)NCC.I. The number of rotatable bonds is 6. The topological polar surface area (TPSA) is 45.7 Å². The second kappa shape index (κ2) is 11.3. The number of guanidine groups is 1. The van der Waals surface area contributed by atoms with Gasteiger partial charge in [-0.3, -0.25) is 0 Å². The van der Waals surface area contributed by atoms with Gasteiger partial charge in [0.15, 0.2) is 5.96 Å². The summed E-state index contributed by atoms with van der Waals surface area (Å²) in [5.41, 5.74) is 0. The van der Waals surface area contributed by atoms with Gasteiger partial charge in [0.05, 0.1) is 13.1 Å². The van der Waals surface area contributed by atoms with Crippen molar-refractivity contribution < 1.29 is 9.13 Å². The lowest BCUT2D eigenvalue weighted by Gasteiger charge is -2.09. The van der Waals surface area contributed by atoms with Crippen LogP contribution in [-0.2, 0) is 0 Å². The molecule has 0 radical (unpaired) electrons. The molecule has 0 bridgehead atoms. The molecule has 6 heteroatoms. The Bertz CT molecular complexity index is 460. The standard InChI is InChI=1S/C14H18FN3O.HI/c1-3-8-17-14(16-4-2)18-9-10-19-13-7-5-6-12(15)11-13;/h1,5-7,11H,4,8-10H2,2H3,(H2,16,17,18);1H. The normalized spacial score (nSPS) is 10.2. The maximum atomic E-state index is 12.9. The molecule has 110 valence electrons. The van der Waals surface area contributed by atoms with Gasteiger partial charge in [-0.25, -0.2) is 9.38 Å². The van der Waals surface area contributed by atoms with Crippen molar-refractivity contribution in [2.75, 3.05) is 26.2 Å². The zero-order valence-corrected chi connectivity index (χ0v) is 13.7. The number of hydrogen-bond donors (Lipinski definition) is 2. The van der Waals surface area contributed by atoms with E-state index in [2.05, 4.69) is 21.5 Å². The molecule has 1 rings (SSSR count). The Morgan fingerprint density at radius 2 is 2.25 bits per heavy atom. The first kappa shape index (κ1) is 18.5. The summed E-state index contributed by atoms with van der Waals surface area (Å²) in [6, 6.07) is 6.02. The fourth-order valence-corrected chi connectivity index (χ4v) is 1.35.